The fraction of sp³-hybridized carbons (Fsp3) is 0.400. The standard InChI is InChI=1S/C15H20FNO3S/c1-6-9-20-14-10-12(7-8-13(14)16)11(2)17-21(18,19)15(3,4)5/h6-8,10H,1,9H2,2-5H3/b17-11+. The summed E-state index contributed by atoms with van der Waals surface area (Å²) in [5, 5.41) is 0. The first-order valence-corrected chi connectivity index (χ1v) is 7.87. The highest BCUT2D eigenvalue weighted by Gasteiger charge is 2.28. The predicted molar refractivity (Wildman–Crippen MR) is 83.0 cm³/mol. The molecule has 116 valence electrons. The molecular weight excluding hydrogens is 293 g/mol. The maximum atomic E-state index is 13.6. The number of sulfonamides is 1. The van der Waals surface area contributed by atoms with Crippen molar-refractivity contribution in [3.8, 4) is 5.75 Å². The van der Waals surface area contributed by atoms with E-state index < -0.39 is 20.6 Å². The molecule has 0 fully saturated rings. The largest absolute Gasteiger partial charge is 0.486 e. The van der Waals surface area contributed by atoms with Crippen molar-refractivity contribution in [3.63, 3.8) is 0 Å². The molecule has 0 spiro atoms. The van der Waals surface area contributed by atoms with E-state index in [1.165, 1.54) is 24.3 Å². The van der Waals surface area contributed by atoms with E-state index >= 15 is 0 Å². The van der Waals surface area contributed by atoms with Crippen molar-refractivity contribution in [2.75, 3.05) is 6.61 Å². The predicted octanol–water partition coefficient (Wildman–Crippen LogP) is 3.33. The smallest absolute Gasteiger partial charge is 0.258 e. The van der Waals surface area contributed by atoms with E-state index in [-0.39, 0.29) is 18.1 Å². The van der Waals surface area contributed by atoms with Crippen LogP contribution in [0.4, 0.5) is 4.39 Å². The second-order valence-corrected chi connectivity index (χ2v) is 7.87. The summed E-state index contributed by atoms with van der Waals surface area (Å²) in [6.07, 6.45) is 1.50. The summed E-state index contributed by atoms with van der Waals surface area (Å²) in [6.45, 7) is 9.93. The monoisotopic (exact) mass is 313 g/mol. The molecule has 0 heterocycles. The van der Waals surface area contributed by atoms with E-state index in [0.717, 1.165) is 0 Å². The summed E-state index contributed by atoms with van der Waals surface area (Å²) in [4.78, 5) is 0. The van der Waals surface area contributed by atoms with Crippen molar-refractivity contribution >= 4 is 15.7 Å². The molecule has 0 N–H and O–H groups in total. The molecule has 1 aromatic rings. The van der Waals surface area contributed by atoms with E-state index in [2.05, 4.69) is 11.0 Å². The van der Waals surface area contributed by atoms with E-state index in [1.807, 2.05) is 0 Å². The Balaban J connectivity index is 3.19. The molecule has 0 saturated carbocycles. The van der Waals surface area contributed by atoms with Gasteiger partial charge in [-0.2, -0.15) is 4.40 Å². The number of hydrogen-bond donors (Lipinski definition) is 0. The highest BCUT2D eigenvalue weighted by atomic mass is 32.2. The minimum Gasteiger partial charge on any atom is -0.486 e. The molecule has 0 amide bonds. The molecule has 0 unspecified atom stereocenters. The van der Waals surface area contributed by atoms with Crippen LogP contribution in [0, 0.1) is 5.82 Å². The molecule has 0 saturated heterocycles. The van der Waals surface area contributed by atoms with Crippen LogP contribution >= 0.6 is 0 Å². The van der Waals surface area contributed by atoms with Gasteiger partial charge in [0.1, 0.15) is 6.61 Å². The molecule has 0 aliphatic carbocycles. The maximum Gasteiger partial charge on any atom is 0.258 e. The molecule has 0 aliphatic rings. The quantitative estimate of drug-likeness (QED) is 0.619. The van der Waals surface area contributed by atoms with E-state index in [0.29, 0.717) is 5.56 Å². The fourth-order valence-electron chi connectivity index (χ4n) is 1.36. The summed E-state index contributed by atoms with van der Waals surface area (Å²) in [5.74, 6) is -0.484. The Kier molecular flexibility index (Phi) is 5.28. The van der Waals surface area contributed by atoms with Gasteiger partial charge in [-0.25, -0.2) is 12.8 Å². The minimum absolute atomic E-state index is 0.0371. The van der Waals surface area contributed by atoms with Gasteiger partial charge >= 0.3 is 0 Å². The molecule has 4 nitrogen and oxygen atoms in total. The summed E-state index contributed by atoms with van der Waals surface area (Å²) < 4.78 is 45.7. The van der Waals surface area contributed by atoms with Crippen molar-refractivity contribution < 1.29 is 17.5 Å². The van der Waals surface area contributed by atoms with Gasteiger partial charge in [0, 0.05) is 5.56 Å². The van der Waals surface area contributed by atoms with Crippen LogP contribution in [0.1, 0.15) is 33.3 Å². The lowest BCUT2D eigenvalue weighted by atomic mass is 10.1. The Morgan fingerprint density at radius 1 is 1.43 bits per heavy atom. The molecule has 6 heteroatoms. The number of rotatable bonds is 5. The highest BCUT2D eigenvalue weighted by Crippen LogP contribution is 2.22. The number of halogens is 1. The normalized spacial score (nSPS) is 13.1. The molecule has 1 aromatic carbocycles. The van der Waals surface area contributed by atoms with Gasteiger partial charge in [0.05, 0.1) is 10.5 Å². The Bertz CT molecular complexity index is 658. The van der Waals surface area contributed by atoms with Gasteiger partial charge in [-0.15, -0.1) is 0 Å². The summed E-state index contributed by atoms with van der Waals surface area (Å²) in [5.41, 5.74) is 0.775. The molecule has 0 aliphatic heterocycles. The zero-order chi connectivity index (χ0) is 16.3. The van der Waals surface area contributed by atoms with Gasteiger partial charge in [-0.3, -0.25) is 0 Å². The topological polar surface area (TPSA) is 55.7 Å². The summed E-state index contributed by atoms with van der Waals surface area (Å²) in [7, 11) is -3.65. The van der Waals surface area contributed by atoms with Gasteiger partial charge in [0.15, 0.2) is 11.6 Å². The summed E-state index contributed by atoms with van der Waals surface area (Å²) in [6, 6.07) is 4.11. The van der Waals surface area contributed by atoms with Crippen LogP contribution in [0.2, 0.25) is 0 Å². The van der Waals surface area contributed by atoms with Crippen LogP contribution in [0.5, 0.6) is 5.75 Å². The lowest BCUT2D eigenvalue weighted by Crippen LogP contribution is -2.26. The second kappa shape index (κ2) is 6.39. The molecule has 0 bridgehead atoms. The average molecular weight is 313 g/mol. The molecule has 21 heavy (non-hydrogen) atoms. The first-order valence-electron chi connectivity index (χ1n) is 6.43. The van der Waals surface area contributed by atoms with Gasteiger partial charge in [-0.05, 0) is 45.9 Å². The number of ether oxygens (including phenoxy) is 1. The van der Waals surface area contributed by atoms with E-state index in [9.17, 15) is 12.8 Å². The molecule has 0 radical (unpaired) electrons. The van der Waals surface area contributed by atoms with Gasteiger partial charge < -0.3 is 4.74 Å². The van der Waals surface area contributed by atoms with Gasteiger partial charge in [0.2, 0.25) is 0 Å². The summed E-state index contributed by atoms with van der Waals surface area (Å²) >= 11 is 0. The number of hydrogen-bond acceptors (Lipinski definition) is 3. The van der Waals surface area contributed by atoms with Crippen LogP contribution in [0.3, 0.4) is 0 Å². The second-order valence-electron chi connectivity index (χ2n) is 5.51. The lowest BCUT2D eigenvalue weighted by molar-refractivity contribution is 0.342. The SMILES string of the molecule is C=CCOc1cc(/C(C)=N/S(=O)(=O)C(C)(C)C)ccc1F. The van der Waals surface area contributed by atoms with Crippen molar-refractivity contribution in [1.29, 1.82) is 0 Å². The zero-order valence-corrected chi connectivity index (χ0v) is 13.5. The fourth-order valence-corrected chi connectivity index (χ4v) is 2.10. The first kappa shape index (κ1) is 17.4. The lowest BCUT2D eigenvalue weighted by Gasteiger charge is -2.16. The minimum atomic E-state index is -3.65. The van der Waals surface area contributed by atoms with Gasteiger partial charge in [-0.1, -0.05) is 12.7 Å². The van der Waals surface area contributed by atoms with Crippen LogP contribution in [-0.2, 0) is 10.0 Å². The Hall–Kier alpha value is -1.69. The van der Waals surface area contributed by atoms with E-state index in [4.69, 9.17) is 4.74 Å². The maximum absolute atomic E-state index is 13.6. The van der Waals surface area contributed by atoms with Crippen LogP contribution in [0.15, 0.2) is 35.3 Å². The van der Waals surface area contributed by atoms with Crippen molar-refractivity contribution in [3.05, 3.63) is 42.2 Å². The third-order valence-electron chi connectivity index (χ3n) is 2.74. The van der Waals surface area contributed by atoms with Crippen molar-refractivity contribution in [2.24, 2.45) is 4.40 Å². The third-order valence-corrected chi connectivity index (χ3v) is 4.80. The van der Waals surface area contributed by atoms with Crippen LogP contribution in [-0.4, -0.2) is 25.5 Å². The highest BCUT2D eigenvalue weighted by molar-refractivity contribution is 7.91. The molecule has 0 aromatic heterocycles. The first-order chi connectivity index (χ1) is 9.58. The van der Waals surface area contributed by atoms with Crippen molar-refractivity contribution in [1.82, 2.24) is 0 Å². The third kappa shape index (κ3) is 4.39. The van der Waals surface area contributed by atoms with Gasteiger partial charge in [0.25, 0.3) is 10.0 Å². The van der Waals surface area contributed by atoms with Crippen LogP contribution < -0.4 is 4.74 Å². The Morgan fingerprint density at radius 2 is 2.05 bits per heavy atom. The van der Waals surface area contributed by atoms with E-state index in [1.54, 1.807) is 27.7 Å². The van der Waals surface area contributed by atoms with Crippen molar-refractivity contribution in [2.45, 2.75) is 32.4 Å². The Morgan fingerprint density at radius 3 is 2.57 bits per heavy atom. The Labute approximate surface area is 125 Å². The zero-order valence-electron chi connectivity index (χ0n) is 12.7. The number of nitrogens with zero attached hydrogens (tertiary/aromatic N) is 1. The molecule has 0 atom stereocenters. The number of benzene rings is 1. The molecular formula is C15H20FNO3S. The molecule has 1 rings (SSSR count). The van der Waals surface area contributed by atoms with Crippen LogP contribution in [0.25, 0.3) is 0 Å². The average Bonchev–Trinajstić information content (AvgIpc) is 2.35.